The lowest BCUT2D eigenvalue weighted by molar-refractivity contribution is 0.591. The minimum atomic E-state index is 0. The number of rotatable bonds is 5. The van der Waals surface area contributed by atoms with Crippen molar-refractivity contribution < 1.29 is 0 Å². The van der Waals surface area contributed by atoms with Gasteiger partial charge in [0.25, 0.3) is 0 Å². The van der Waals surface area contributed by atoms with Gasteiger partial charge in [-0.3, -0.25) is 9.67 Å². The fourth-order valence-electron chi connectivity index (χ4n) is 2.43. The Morgan fingerprint density at radius 1 is 1.30 bits per heavy atom. The van der Waals surface area contributed by atoms with E-state index in [-0.39, 0.29) is 30.0 Å². The van der Waals surface area contributed by atoms with Crippen LogP contribution >= 0.6 is 24.0 Å². The SMILES string of the molecule is CN=C(NCCn1cc(C)cn1)NC(C)c1ccccc1C.I. The summed E-state index contributed by atoms with van der Waals surface area (Å²) in [7, 11) is 1.79. The van der Waals surface area contributed by atoms with Gasteiger partial charge in [0.15, 0.2) is 5.96 Å². The number of halogens is 1. The van der Waals surface area contributed by atoms with Gasteiger partial charge in [-0.15, -0.1) is 24.0 Å². The molecule has 0 amide bonds. The third-order valence-corrected chi connectivity index (χ3v) is 3.63. The number of aliphatic imine (C=N–C) groups is 1. The molecule has 0 saturated carbocycles. The number of aromatic nitrogens is 2. The average Bonchev–Trinajstić information content (AvgIpc) is 2.92. The Kier molecular flexibility index (Phi) is 8.08. The first-order valence-corrected chi connectivity index (χ1v) is 7.62. The lowest BCUT2D eigenvalue weighted by Crippen LogP contribution is -2.40. The molecule has 1 atom stereocenters. The van der Waals surface area contributed by atoms with Gasteiger partial charge in [0.1, 0.15) is 0 Å². The molecule has 0 fully saturated rings. The van der Waals surface area contributed by atoms with Gasteiger partial charge in [0.2, 0.25) is 0 Å². The molecule has 2 rings (SSSR count). The number of nitrogens with one attached hydrogen (secondary N) is 2. The van der Waals surface area contributed by atoms with Gasteiger partial charge in [0.05, 0.1) is 18.8 Å². The summed E-state index contributed by atoms with van der Waals surface area (Å²) in [6.07, 6.45) is 3.90. The average molecular weight is 427 g/mol. The van der Waals surface area contributed by atoms with Crippen LogP contribution in [0.5, 0.6) is 0 Å². The Balaban J connectivity index is 0.00000264. The minimum absolute atomic E-state index is 0. The van der Waals surface area contributed by atoms with E-state index >= 15 is 0 Å². The monoisotopic (exact) mass is 427 g/mol. The van der Waals surface area contributed by atoms with Crippen molar-refractivity contribution in [3.05, 3.63) is 53.3 Å². The summed E-state index contributed by atoms with van der Waals surface area (Å²) in [5, 5.41) is 11.0. The second-order valence-electron chi connectivity index (χ2n) is 5.50. The molecule has 0 saturated heterocycles. The van der Waals surface area contributed by atoms with E-state index < -0.39 is 0 Å². The van der Waals surface area contributed by atoms with E-state index in [1.807, 2.05) is 24.0 Å². The first-order valence-electron chi connectivity index (χ1n) is 7.62. The highest BCUT2D eigenvalue weighted by atomic mass is 127. The van der Waals surface area contributed by atoms with E-state index in [1.165, 1.54) is 16.7 Å². The second kappa shape index (κ2) is 9.54. The molecule has 5 nitrogen and oxygen atoms in total. The van der Waals surface area contributed by atoms with Gasteiger partial charge in [0, 0.05) is 19.8 Å². The van der Waals surface area contributed by atoms with Crippen LogP contribution in [-0.4, -0.2) is 29.3 Å². The molecule has 0 aliphatic rings. The maximum Gasteiger partial charge on any atom is 0.191 e. The molecule has 2 N–H and O–H groups in total. The highest BCUT2D eigenvalue weighted by Crippen LogP contribution is 2.16. The number of guanidine groups is 1. The summed E-state index contributed by atoms with van der Waals surface area (Å²) in [4.78, 5) is 4.28. The highest BCUT2D eigenvalue weighted by molar-refractivity contribution is 14.0. The summed E-state index contributed by atoms with van der Waals surface area (Å²) >= 11 is 0. The largest absolute Gasteiger partial charge is 0.355 e. The van der Waals surface area contributed by atoms with Crippen LogP contribution in [0.4, 0.5) is 0 Å². The third kappa shape index (κ3) is 5.85. The zero-order valence-corrected chi connectivity index (χ0v) is 16.5. The lowest BCUT2D eigenvalue weighted by atomic mass is 10.0. The maximum absolute atomic E-state index is 4.28. The smallest absolute Gasteiger partial charge is 0.191 e. The molecule has 0 spiro atoms. The molecule has 126 valence electrons. The van der Waals surface area contributed by atoms with E-state index in [2.05, 4.69) is 58.8 Å². The van der Waals surface area contributed by atoms with E-state index in [4.69, 9.17) is 0 Å². The molecule has 23 heavy (non-hydrogen) atoms. The van der Waals surface area contributed by atoms with Gasteiger partial charge >= 0.3 is 0 Å². The summed E-state index contributed by atoms with van der Waals surface area (Å²) < 4.78 is 1.93. The lowest BCUT2D eigenvalue weighted by Gasteiger charge is -2.19. The molecule has 0 aliphatic heterocycles. The van der Waals surface area contributed by atoms with Crippen molar-refractivity contribution in [1.82, 2.24) is 20.4 Å². The minimum Gasteiger partial charge on any atom is -0.355 e. The molecular formula is C17H26IN5. The molecular weight excluding hydrogens is 401 g/mol. The van der Waals surface area contributed by atoms with Crippen molar-refractivity contribution in [2.45, 2.75) is 33.4 Å². The zero-order chi connectivity index (χ0) is 15.9. The predicted octanol–water partition coefficient (Wildman–Crippen LogP) is 3.04. The predicted molar refractivity (Wildman–Crippen MR) is 106 cm³/mol. The molecule has 0 radical (unpaired) electrons. The Hall–Kier alpha value is -1.57. The van der Waals surface area contributed by atoms with Crippen LogP contribution in [0.25, 0.3) is 0 Å². The van der Waals surface area contributed by atoms with Crippen LogP contribution in [0.3, 0.4) is 0 Å². The zero-order valence-electron chi connectivity index (χ0n) is 14.2. The van der Waals surface area contributed by atoms with Gasteiger partial charge in [-0.2, -0.15) is 5.10 Å². The standard InChI is InChI=1S/C17H25N5.HI/c1-13-11-20-22(12-13)10-9-19-17(18-4)21-15(3)16-8-6-5-7-14(16)2;/h5-8,11-12,15H,9-10H2,1-4H3,(H2,18,19,21);1H. The molecule has 0 aliphatic carbocycles. The Labute approximate surface area is 155 Å². The number of nitrogens with zero attached hydrogens (tertiary/aromatic N) is 3. The van der Waals surface area contributed by atoms with Crippen LogP contribution < -0.4 is 10.6 Å². The molecule has 1 aromatic heterocycles. The van der Waals surface area contributed by atoms with Crippen LogP contribution in [-0.2, 0) is 6.54 Å². The summed E-state index contributed by atoms with van der Waals surface area (Å²) in [5.41, 5.74) is 3.74. The van der Waals surface area contributed by atoms with Crippen molar-refractivity contribution in [2.75, 3.05) is 13.6 Å². The number of hydrogen-bond acceptors (Lipinski definition) is 2. The Morgan fingerprint density at radius 3 is 2.65 bits per heavy atom. The van der Waals surface area contributed by atoms with E-state index in [0.29, 0.717) is 0 Å². The Bertz CT molecular complexity index is 635. The molecule has 2 aromatic rings. The highest BCUT2D eigenvalue weighted by Gasteiger charge is 2.09. The maximum atomic E-state index is 4.28. The van der Waals surface area contributed by atoms with E-state index in [1.54, 1.807) is 7.05 Å². The van der Waals surface area contributed by atoms with E-state index in [0.717, 1.165) is 19.0 Å². The topological polar surface area (TPSA) is 54.2 Å². The normalized spacial score (nSPS) is 12.4. The number of benzene rings is 1. The first kappa shape index (κ1) is 19.5. The number of aryl methyl sites for hydroxylation is 2. The van der Waals surface area contributed by atoms with Crippen molar-refractivity contribution in [2.24, 2.45) is 4.99 Å². The molecule has 1 aromatic carbocycles. The molecule has 6 heteroatoms. The third-order valence-electron chi connectivity index (χ3n) is 3.63. The van der Waals surface area contributed by atoms with Crippen molar-refractivity contribution in [3.8, 4) is 0 Å². The summed E-state index contributed by atoms with van der Waals surface area (Å²) in [6, 6.07) is 8.61. The molecule has 1 heterocycles. The van der Waals surface area contributed by atoms with Gasteiger partial charge in [-0.05, 0) is 37.5 Å². The summed E-state index contributed by atoms with van der Waals surface area (Å²) in [6.45, 7) is 7.91. The van der Waals surface area contributed by atoms with Gasteiger partial charge in [-0.1, -0.05) is 24.3 Å². The quantitative estimate of drug-likeness (QED) is 0.438. The van der Waals surface area contributed by atoms with Crippen LogP contribution in [0.15, 0.2) is 41.7 Å². The van der Waals surface area contributed by atoms with Crippen LogP contribution in [0, 0.1) is 13.8 Å². The van der Waals surface area contributed by atoms with Crippen LogP contribution in [0.1, 0.15) is 29.7 Å². The summed E-state index contributed by atoms with van der Waals surface area (Å²) in [5.74, 6) is 0.805. The van der Waals surface area contributed by atoms with Crippen molar-refractivity contribution >= 4 is 29.9 Å². The first-order chi connectivity index (χ1) is 10.6. The number of hydrogen-bond donors (Lipinski definition) is 2. The molecule has 1 unspecified atom stereocenters. The second-order valence-corrected chi connectivity index (χ2v) is 5.50. The molecule has 0 bridgehead atoms. The fraction of sp³-hybridized carbons (Fsp3) is 0.412. The fourth-order valence-corrected chi connectivity index (χ4v) is 2.43. The van der Waals surface area contributed by atoms with Crippen molar-refractivity contribution in [1.29, 1.82) is 0 Å². The van der Waals surface area contributed by atoms with Gasteiger partial charge in [-0.25, -0.2) is 0 Å². The Morgan fingerprint density at radius 2 is 2.04 bits per heavy atom. The van der Waals surface area contributed by atoms with E-state index in [9.17, 15) is 0 Å². The van der Waals surface area contributed by atoms with Crippen molar-refractivity contribution in [3.63, 3.8) is 0 Å². The van der Waals surface area contributed by atoms with Crippen LogP contribution in [0.2, 0.25) is 0 Å². The van der Waals surface area contributed by atoms with Gasteiger partial charge < -0.3 is 10.6 Å².